The number of thioether (sulfide) groups is 1. The van der Waals surface area contributed by atoms with Gasteiger partial charge in [0.1, 0.15) is 5.52 Å². The number of aromatic nitrogens is 3. The molecule has 3 N–H and O–H groups in total. The van der Waals surface area contributed by atoms with Gasteiger partial charge in [-0.25, -0.2) is 9.97 Å². The number of aromatic amines is 1. The summed E-state index contributed by atoms with van der Waals surface area (Å²) in [5.41, 5.74) is 4.35. The first-order valence-electron chi connectivity index (χ1n) is 8.10. The van der Waals surface area contributed by atoms with Crippen molar-refractivity contribution in [2.75, 3.05) is 24.2 Å². The summed E-state index contributed by atoms with van der Waals surface area (Å²) in [7, 11) is 0. The number of benzene rings is 1. The van der Waals surface area contributed by atoms with Crippen LogP contribution in [0.2, 0.25) is 0 Å². The van der Waals surface area contributed by atoms with E-state index in [-0.39, 0.29) is 17.9 Å². The molecule has 2 aromatic heterocycles. The first-order chi connectivity index (χ1) is 11.3. The van der Waals surface area contributed by atoms with Crippen LogP contribution in [0.15, 0.2) is 41.6 Å². The molecule has 0 amide bonds. The number of H-pyrrole nitrogens is 1. The summed E-state index contributed by atoms with van der Waals surface area (Å²) in [6.45, 7) is 2.17. The Morgan fingerprint density at radius 3 is 2.44 bits per heavy atom. The molecule has 0 atom stereocenters. The molecule has 0 bridgehead atoms. The van der Waals surface area contributed by atoms with Crippen LogP contribution in [0.25, 0.3) is 22.3 Å². The van der Waals surface area contributed by atoms with E-state index in [0.29, 0.717) is 0 Å². The summed E-state index contributed by atoms with van der Waals surface area (Å²) in [5, 5.41) is 0.844. The Kier molecular flexibility index (Phi) is 6.70. The normalized spacial score (nSPS) is 14.0. The molecule has 1 fully saturated rings. The Morgan fingerprint density at radius 1 is 1.04 bits per heavy atom. The lowest BCUT2D eigenvalue weighted by Gasteiger charge is -2.28. The Bertz CT molecular complexity index is 819. The number of hydrogen-bond acceptors (Lipinski definition) is 4. The molecule has 7 heteroatoms. The minimum atomic E-state index is 0. The van der Waals surface area contributed by atoms with E-state index in [4.69, 9.17) is 4.98 Å². The molecule has 5 nitrogen and oxygen atoms in total. The number of fused-ring (bicyclic) bond motifs is 1. The maximum absolute atomic E-state index is 4.80. The number of hydrogen-bond donors (Lipinski definition) is 1. The van der Waals surface area contributed by atoms with Crippen LogP contribution >= 0.6 is 24.2 Å². The van der Waals surface area contributed by atoms with Gasteiger partial charge in [0.15, 0.2) is 11.0 Å². The Labute approximate surface area is 158 Å². The first-order valence-corrected chi connectivity index (χ1v) is 9.33. The van der Waals surface area contributed by atoms with E-state index in [0.717, 1.165) is 40.8 Å². The standard InChI is InChI=1S/C18H20N4S.ClH.H2O/c1-23-18-20-15-12-14(13-8-4-2-5-9-13)19-16(15)17(21-18)22-10-6-3-7-11-22;;/h2,4-5,8-9,12,19H,3,6-7,10-11H2,1H3;1H;1H2. The number of anilines is 1. The highest BCUT2D eigenvalue weighted by Crippen LogP contribution is 2.31. The minimum Gasteiger partial charge on any atom is -0.412 e. The van der Waals surface area contributed by atoms with E-state index in [9.17, 15) is 0 Å². The van der Waals surface area contributed by atoms with Crippen LogP contribution in [0.5, 0.6) is 0 Å². The Morgan fingerprint density at radius 2 is 1.76 bits per heavy atom. The minimum absolute atomic E-state index is 0. The van der Waals surface area contributed by atoms with Gasteiger partial charge in [0.05, 0.1) is 5.52 Å². The van der Waals surface area contributed by atoms with Crippen molar-refractivity contribution in [1.82, 2.24) is 15.0 Å². The Hall–Kier alpha value is -1.76. The summed E-state index contributed by atoms with van der Waals surface area (Å²) >= 11 is 1.60. The van der Waals surface area contributed by atoms with Gasteiger partial charge < -0.3 is 15.4 Å². The molecule has 1 aromatic carbocycles. The molecule has 0 radical (unpaired) electrons. The zero-order chi connectivity index (χ0) is 15.6. The van der Waals surface area contributed by atoms with Gasteiger partial charge in [0.2, 0.25) is 0 Å². The second-order valence-electron chi connectivity index (χ2n) is 5.89. The first kappa shape index (κ1) is 19.6. The highest BCUT2D eigenvalue weighted by molar-refractivity contribution is 7.98. The summed E-state index contributed by atoms with van der Waals surface area (Å²) in [4.78, 5) is 15.4. The number of piperidine rings is 1. The quantitative estimate of drug-likeness (QED) is 0.553. The zero-order valence-electron chi connectivity index (χ0n) is 14.2. The van der Waals surface area contributed by atoms with Crippen molar-refractivity contribution in [3.63, 3.8) is 0 Å². The van der Waals surface area contributed by atoms with Crippen LogP contribution in [0.4, 0.5) is 5.82 Å². The predicted octanol–water partition coefficient (Wildman–Crippen LogP) is 3.93. The van der Waals surface area contributed by atoms with E-state index in [1.165, 1.54) is 24.8 Å². The fourth-order valence-corrected chi connectivity index (χ4v) is 3.54. The molecule has 4 rings (SSSR count). The number of rotatable bonds is 3. The second-order valence-corrected chi connectivity index (χ2v) is 6.66. The molecule has 0 saturated carbocycles. The third-order valence-corrected chi connectivity index (χ3v) is 4.91. The Balaban J connectivity index is 0.00000113. The van der Waals surface area contributed by atoms with E-state index >= 15 is 0 Å². The van der Waals surface area contributed by atoms with Gasteiger partial charge in [0, 0.05) is 18.8 Å². The molecule has 1 saturated heterocycles. The average Bonchev–Trinajstić information content (AvgIpc) is 3.06. The van der Waals surface area contributed by atoms with Crippen LogP contribution in [0, 0.1) is 0 Å². The maximum atomic E-state index is 4.80. The topological polar surface area (TPSA) is 76.3 Å². The SMILES string of the molecule is CSc1nc(N2CCCCC2)c2[nH]c(-c3ccccc3)cc2n1.Cl.O. The van der Waals surface area contributed by atoms with Crippen molar-refractivity contribution in [3.8, 4) is 11.3 Å². The number of nitrogens with zero attached hydrogens (tertiary/aromatic N) is 3. The molecule has 134 valence electrons. The molecular formula is C18H23ClN4OS. The lowest BCUT2D eigenvalue weighted by Crippen LogP contribution is -2.30. The van der Waals surface area contributed by atoms with Gasteiger partial charge in [-0.2, -0.15) is 0 Å². The summed E-state index contributed by atoms with van der Waals surface area (Å²) in [5.74, 6) is 1.06. The molecule has 0 spiro atoms. The van der Waals surface area contributed by atoms with Gasteiger partial charge in [-0.3, -0.25) is 0 Å². The third-order valence-electron chi connectivity index (χ3n) is 4.36. The fraction of sp³-hybridized carbons (Fsp3) is 0.333. The predicted molar refractivity (Wildman–Crippen MR) is 108 cm³/mol. The third kappa shape index (κ3) is 3.92. The molecule has 0 unspecified atom stereocenters. The van der Waals surface area contributed by atoms with E-state index in [1.54, 1.807) is 11.8 Å². The number of nitrogens with one attached hydrogen (secondary N) is 1. The highest BCUT2D eigenvalue weighted by atomic mass is 35.5. The zero-order valence-corrected chi connectivity index (χ0v) is 15.8. The monoisotopic (exact) mass is 378 g/mol. The van der Waals surface area contributed by atoms with Crippen molar-refractivity contribution in [1.29, 1.82) is 0 Å². The molecular weight excluding hydrogens is 356 g/mol. The van der Waals surface area contributed by atoms with E-state index < -0.39 is 0 Å². The largest absolute Gasteiger partial charge is 0.412 e. The summed E-state index contributed by atoms with van der Waals surface area (Å²) < 4.78 is 0. The van der Waals surface area contributed by atoms with Crippen molar-refractivity contribution in [2.45, 2.75) is 24.4 Å². The van der Waals surface area contributed by atoms with E-state index in [2.05, 4.69) is 45.2 Å². The summed E-state index contributed by atoms with van der Waals surface area (Å²) in [6.07, 6.45) is 5.84. The molecule has 25 heavy (non-hydrogen) atoms. The maximum Gasteiger partial charge on any atom is 0.189 e. The van der Waals surface area contributed by atoms with Crippen molar-refractivity contribution in [3.05, 3.63) is 36.4 Å². The molecule has 3 aromatic rings. The van der Waals surface area contributed by atoms with Gasteiger partial charge >= 0.3 is 0 Å². The van der Waals surface area contributed by atoms with Crippen LogP contribution in [-0.4, -0.2) is 39.8 Å². The lowest BCUT2D eigenvalue weighted by molar-refractivity contribution is 0.572. The van der Waals surface area contributed by atoms with Crippen LogP contribution in [0.3, 0.4) is 0 Å². The number of halogens is 1. The molecule has 0 aliphatic carbocycles. The van der Waals surface area contributed by atoms with Gasteiger partial charge in [-0.15, -0.1) is 12.4 Å². The van der Waals surface area contributed by atoms with Gasteiger partial charge in [-0.1, -0.05) is 42.1 Å². The van der Waals surface area contributed by atoms with Crippen LogP contribution in [0.1, 0.15) is 19.3 Å². The van der Waals surface area contributed by atoms with Crippen LogP contribution < -0.4 is 4.90 Å². The average molecular weight is 379 g/mol. The summed E-state index contributed by atoms with van der Waals surface area (Å²) in [6, 6.07) is 12.5. The lowest BCUT2D eigenvalue weighted by atomic mass is 10.1. The smallest absolute Gasteiger partial charge is 0.189 e. The molecule has 1 aliphatic heterocycles. The van der Waals surface area contributed by atoms with Crippen LogP contribution in [-0.2, 0) is 0 Å². The van der Waals surface area contributed by atoms with Gasteiger partial charge in [-0.05, 0) is 37.1 Å². The molecule has 3 heterocycles. The van der Waals surface area contributed by atoms with Crippen molar-refractivity contribution < 1.29 is 5.48 Å². The second kappa shape index (κ2) is 8.56. The van der Waals surface area contributed by atoms with E-state index in [1.807, 2.05) is 12.3 Å². The molecule has 1 aliphatic rings. The van der Waals surface area contributed by atoms with Crippen molar-refractivity contribution >= 4 is 41.0 Å². The van der Waals surface area contributed by atoms with Gasteiger partial charge in [0.25, 0.3) is 0 Å². The fourth-order valence-electron chi connectivity index (χ4n) is 3.18. The van der Waals surface area contributed by atoms with Crippen molar-refractivity contribution in [2.24, 2.45) is 0 Å². The highest BCUT2D eigenvalue weighted by Gasteiger charge is 2.19.